The summed E-state index contributed by atoms with van der Waals surface area (Å²) in [6.45, 7) is 1.99. The molecule has 6 nitrogen and oxygen atoms in total. The lowest BCUT2D eigenvalue weighted by molar-refractivity contribution is -0.140. The van der Waals surface area contributed by atoms with Crippen molar-refractivity contribution in [3.63, 3.8) is 0 Å². The van der Waals surface area contributed by atoms with E-state index >= 15 is 0 Å². The monoisotopic (exact) mass is 408 g/mol. The van der Waals surface area contributed by atoms with Crippen molar-refractivity contribution in [2.75, 3.05) is 20.3 Å². The number of para-hydroxylation sites is 1. The van der Waals surface area contributed by atoms with Gasteiger partial charge in [-0.2, -0.15) is 0 Å². The summed E-state index contributed by atoms with van der Waals surface area (Å²) in [7, 11) is 1.51. The van der Waals surface area contributed by atoms with Gasteiger partial charge in [-0.25, -0.2) is 4.39 Å². The first-order valence-corrected chi connectivity index (χ1v) is 9.54. The van der Waals surface area contributed by atoms with Gasteiger partial charge in [0, 0.05) is 41.9 Å². The molecule has 1 aliphatic rings. The summed E-state index contributed by atoms with van der Waals surface area (Å²) in [5.74, 6) is -2.23. The second-order valence-corrected chi connectivity index (χ2v) is 7.24. The van der Waals surface area contributed by atoms with Crippen LogP contribution in [-0.2, 0) is 14.3 Å². The first-order chi connectivity index (χ1) is 14.4. The lowest BCUT2D eigenvalue weighted by Gasteiger charge is -2.24. The molecule has 1 amide bonds. The number of carbonyl (C=O) groups is 2. The van der Waals surface area contributed by atoms with Crippen molar-refractivity contribution in [1.82, 2.24) is 9.88 Å². The first kappa shape index (κ1) is 19.8. The second-order valence-electron chi connectivity index (χ2n) is 7.24. The normalized spacial score (nSPS) is 18.5. The van der Waals surface area contributed by atoms with E-state index in [9.17, 15) is 19.1 Å². The number of Topliss-reactive ketones (excluding diaryl/α,β-unsaturated/α-hetero) is 1. The molecule has 1 atom stereocenters. The maximum Gasteiger partial charge on any atom is 0.295 e. The number of aliphatic hydroxyl groups excluding tert-OH is 1. The number of methoxy groups -OCH3 is 1. The molecule has 1 aliphatic heterocycles. The number of benzene rings is 2. The van der Waals surface area contributed by atoms with E-state index in [4.69, 9.17) is 4.74 Å². The number of nitrogens with one attached hydrogen (secondary N) is 1. The Hall–Kier alpha value is -3.45. The van der Waals surface area contributed by atoms with Crippen LogP contribution in [0.3, 0.4) is 0 Å². The molecule has 7 heteroatoms. The van der Waals surface area contributed by atoms with Gasteiger partial charge in [-0.15, -0.1) is 0 Å². The average molecular weight is 408 g/mol. The number of aromatic nitrogens is 1. The fourth-order valence-electron chi connectivity index (χ4n) is 3.89. The molecule has 4 rings (SSSR count). The minimum absolute atomic E-state index is 0.0214. The molecule has 0 radical (unpaired) electrons. The second kappa shape index (κ2) is 7.76. The zero-order valence-corrected chi connectivity index (χ0v) is 16.6. The fraction of sp³-hybridized carbons (Fsp3) is 0.217. The summed E-state index contributed by atoms with van der Waals surface area (Å²) >= 11 is 0. The molecule has 30 heavy (non-hydrogen) atoms. The number of ketones is 1. The van der Waals surface area contributed by atoms with Crippen molar-refractivity contribution >= 4 is 28.4 Å². The Bertz CT molecular complexity index is 1180. The summed E-state index contributed by atoms with van der Waals surface area (Å²) < 4.78 is 18.8. The summed E-state index contributed by atoms with van der Waals surface area (Å²) in [6, 6.07) is 10.8. The first-order valence-electron chi connectivity index (χ1n) is 9.54. The number of hydrogen-bond acceptors (Lipinski definition) is 4. The van der Waals surface area contributed by atoms with Crippen molar-refractivity contribution in [3.8, 4) is 0 Å². The molecule has 2 aromatic carbocycles. The van der Waals surface area contributed by atoms with Crippen molar-refractivity contribution in [3.05, 3.63) is 76.7 Å². The standard InChI is InChI=1S/C23H21FN2O4/c1-13-11-14(7-8-17(13)24)21(27)19-20(26(9-10-30-2)23(29)22(19)28)16-12-25-18-6-4-3-5-15(16)18/h3-8,11-12,20,25,27H,9-10H2,1-2H3/b21-19+. The SMILES string of the molecule is COCCN1C(=O)C(=O)/C(=C(/O)c2ccc(F)c(C)c2)C1c1c[nH]c2ccccc12. The smallest absolute Gasteiger partial charge is 0.295 e. The topological polar surface area (TPSA) is 82.6 Å². The minimum atomic E-state index is -0.790. The maximum absolute atomic E-state index is 13.7. The van der Waals surface area contributed by atoms with Gasteiger partial charge in [0.2, 0.25) is 0 Å². The van der Waals surface area contributed by atoms with Gasteiger partial charge in [-0.1, -0.05) is 18.2 Å². The van der Waals surface area contributed by atoms with Crippen LogP contribution in [0.4, 0.5) is 4.39 Å². The lowest BCUT2D eigenvalue weighted by Crippen LogP contribution is -2.32. The van der Waals surface area contributed by atoms with Crippen molar-refractivity contribution < 1.29 is 23.8 Å². The highest BCUT2D eigenvalue weighted by atomic mass is 19.1. The Balaban J connectivity index is 1.93. The van der Waals surface area contributed by atoms with E-state index in [-0.39, 0.29) is 30.0 Å². The van der Waals surface area contributed by atoms with Crippen LogP contribution in [0.2, 0.25) is 0 Å². The third kappa shape index (κ3) is 3.17. The molecular weight excluding hydrogens is 387 g/mol. The zero-order valence-electron chi connectivity index (χ0n) is 16.6. The molecular formula is C23H21FN2O4. The predicted octanol–water partition coefficient (Wildman–Crippen LogP) is 3.68. The van der Waals surface area contributed by atoms with Gasteiger partial charge in [0.25, 0.3) is 11.7 Å². The van der Waals surface area contributed by atoms with E-state index < -0.39 is 23.5 Å². The average Bonchev–Trinajstić information content (AvgIpc) is 3.27. The number of rotatable bonds is 5. The van der Waals surface area contributed by atoms with Gasteiger partial charge in [-0.05, 0) is 36.8 Å². The number of hydrogen-bond donors (Lipinski definition) is 2. The summed E-state index contributed by atoms with van der Waals surface area (Å²) in [4.78, 5) is 30.3. The lowest BCUT2D eigenvalue weighted by atomic mass is 9.94. The Kier molecular flexibility index (Phi) is 5.13. The van der Waals surface area contributed by atoms with Gasteiger partial charge in [0.1, 0.15) is 11.6 Å². The van der Waals surface area contributed by atoms with Gasteiger partial charge < -0.3 is 19.7 Å². The van der Waals surface area contributed by atoms with Crippen LogP contribution in [0.5, 0.6) is 0 Å². The van der Waals surface area contributed by atoms with Crippen LogP contribution in [-0.4, -0.2) is 46.9 Å². The van der Waals surface area contributed by atoms with Crippen LogP contribution in [0.1, 0.15) is 22.7 Å². The maximum atomic E-state index is 13.7. The number of aromatic amines is 1. The quantitative estimate of drug-likeness (QED) is 0.383. The Morgan fingerprint density at radius 1 is 1.23 bits per heavy atom. The molecule has 1 unspecified atom stereocenters. The van der Waals surface area contributed by atoms with Crippen LogP contribution < -0.4 is 0 Å². The Morgan fingerprint density at radius 3 is 2.73 bits per heavy atom. The van der Waals surface area contributed by atoms with E-state index in [0.29, 0.717) is 11.1 Å². The Morgan fingerprint density at radius 2 is 2.00 bits per heavy atom. The van der Waals surface area contributed by atoms with E-state index in [2.05, 4.69) is 4.98 Å². The van der Waals surface area contributed by atoms with Crippen molar-refractivity contribution in [1.29, 1.82) is 0 Å². The van der Waals surface area contributed by atoms with Gasteiger partial charge >= 0.3 is 0 Å². The van der Waals surface area contributed by atoms with E-state index in [1.54, 1.807) is 13.1 Å². The van der Waals surface area contributed by atoms with Crippen LogP contribution in [0, 0.1) is 12.7 Å². The third-order valence-corrected chi connectivity index (χ3v) is 5.42. The number of H-pyrrole nitrogens is 1. The molecule has 0 bridgehead atoms. The van der Waals surface area contributed by atoms with Crippen LogP contribution in [0.15, 0.2) is 54.2 Å². The van der Waals surface area contributed by atoms with Crippen LogP contribution >= 0.6 is 0 Å². The Labute approximate surface area is 172 Å². The number of likely N-dealkylation sites (tertiary alicyclic amines) is 1. The number of aliphatic hydroxyl groups is 1. The summed E-state index contributed by atoms with van der Waals surface area (Å²) in [5, 5.41) is 11.9. The number of aryl methyl sites for hydroxylation is 1. The van der Waals surface area contributed by atoms with E-state index in [0.717, 1.165) is 10.9 Å². The molecule has 2 N–H and O–H groups in total. The van der Waals surface area contributed by atoms with Crippen LogP contribution in [0.25, 0.3) is 16.7 Å². The summed E-state index contributed by atoms with van der Waals surface area (Å²) in [5.41, 5.74) is 2.13. The zero-order chi connectivity index (χ0) is 21.4. The fourth-order valence-corrected chi connectivity index (χ4v) is 3.89. The number of nitrogens with zero attached hydrogens (tertiary/aromatic N) is 1. The minimum Gasteiger partial charge on any atom is -0.507 e. The van der Waals surface area contributed by atoms with Crippen molar-refractivity contribution in [2.24, 2.45) is 0 Å². The van der Waals surface area contributed by atoms with Gasteiger partial charge in [0.15, 0.2) is 0 Å². The molecule has 154 valence electrons. The number of halogens is 1. The number of amides is 1. The molecule has 1 aromatic heterocycles. The highest BCUT2D eigenvalue weighted by Gasteiger charge is 2.46. The highest BCUT2D eigenvalue weighted by molar-refractivity contribution is 6.46. The van der Waals surface area contributed by atoms with Gasteiger partial charge in [-0.3, -0.25) is 9.59 Å². The summed E-state index contributed by atoms with van der Waals surface area (Å²) in [6.07, 6.45) is 1.74. The largest absolute Gasteiger partial charge is 0.507 e. The van der Waals surface area contributed by atoms with Gasteiger partial charge in [0.05, 0.1) is 18.2 Å². The van der Waals surface area contributed by atoms with Crippen molar-refractivity contribution in [2.45, 2.75) is 13.0 Å². The number of ether oxygens (including phenoxy) is 1. The molecule has 1 fully saturated rings. The van der Waals surface area contributed by atoms with E-state index in [1.807, 2.05) is 24.3 Å². The molecule has 0 spiro atoms. The third-order valence-electron chi connectivity index (χ3n) is 5.42. The molecule has 1 saturated heterocycles. The molecule has 2 heterocycles. The number of fused-ring (bicyclic) bond motifs is 1. The highest BCUT2D eigenvalue weighted by Crippen LogP contribution is 2.41. The molecule has 3 aromatic rings. The molecule has 0 aliphatic carbocycles. The predicted molar refractivity (Wildman–Crippen MR) is 110 cm³/mol. The number of carbonyl (C=O) groups excluding carboxylic acids is 2. The van der Waals surface area contributed by atoms with E-state index in [1.165, 1.54) is 30.2 Å². The molecule has 0 saturated carbocycles.